The summed E-state index contributed by atoms with van der Waals surface area (Å²) in [4.78, 5) is 4.82. The van der Waals surface area contributed by atoms with Crippen molar-refractivity contribution in [3.63, 3.8) is 0 Å². The fourth-order valence-corrected chi connectivity index (χ4v) is 1.40. The summed E-state index contributed by atoms with van der Waals surface area (Å²) in [5.74, 6) is 0. The Kier molecular flexibility index (Phi) is 4.10. The first-order valence-electron chi connectivity index (χ1n) is 5.05. The van der Waals surface area contributed by atoms with Crippen molar-refractivity contribution in [2.45, 2.75) is 20.3 Å². The standard InChI is InChI=1S/C13H17NO/c1-5-13(14-15-4)12-8-6-7-11(9-12)10(2)3/h6-9H,2,5H2,1,3-4H3. The van der Waals surface area contributed by atoms with Crippen LogP contribution in [0.3, 0.4) is 0 Å². The van der Waals surface area contributed by atoms with E-state index >= 15 is 0 Å². The van der Waals surface area contributed by atoms with Gasteiger partial charge in [0.1, 0.15) is 7.11 Å². The van der Waals surface area contributed by atoms with Crippen LogP contribution in [-0.2, 0) is 4.84 Å². The highest BCUT2D eigenvalue weighted by Gasteiger charge is 2.03. The van der Waals surface area contributed by atoms with Crippen LogP contribution < -0.4 is 0 Å². The second-order valence-electron chi connectivity index (χ2n) is 3.44. The van der Waals surface area contributed by atoms with Crippen molar-refractivity contribution in [3.8, 4) is 0 Å². The zero-order valence-electron chi connectivity index (χ0n) is 9.58. The van der Waals surface area contributed by atoms with Crippen molar-refractivity contribution >= 4 is 11.3 Å². The van der Waals surface area contributed by atoms with E-state index in [0.29, 0.717) is 0 Å². The van der Waals surface area contributed by atoms with E-state index in [0.717, 1.165) is 28.8 Å². The number of benzene rings is 1. The molecule has 0 aliphatic carbocycles. The van der Waals surface area contributed by atoms with Gasteiger partial charge in [-0.15, -0.1) is 0 Å². The van der Waals surface area contributed by atoms with E-state index in [4.69, 9.17) is 4.84 Å². The average molecular weight is 203 g/mol. The minimum absolute atomic E-state index is 0.855. The molecule has 0 aromatic heterocycles. The number of oxime groups is 1. The van der Waals surface area contributed by atoms with E-state index in [2.05, 4.69) is 24.7 Å². The third-order valence-corrected chi connectivity index (χ3v) is 2.22. The molecule has 0 saturated heterocycles. The second kappa shape index (κ2) is 5.35. The van der Waals surface area contributed by atoms with Gasteiger partial charge < -0.3 is 4.84 Å². The van der Waals surface area contributed by atoms with Crippen molar-refractivity contribution in [2.75, 3.05) is 7.11 Å². The molecule has 2 nitrogen and oxygen atoms in total. The fraction of sp³-hybridized carbons (Fsp3) is 0.308. The Hall–Kier alpha value is -1.57. The van der Waals surface area contributed by atoms with Gasteiger partial charge >= 0.3 is 0 Å². The second-order valence-corrected chi connectivity index (χ2v) is 3.44. The summed E-state index contributed by atoms with van der Waals surface area (Å²) in [6, 6.07) is 8.18. The summed E-state index contributed by atoms with van der Waals surface area (Å²) in [6.45, 7) is 7.99. The molecular weight excluding hydrogens is 186 g/mol. The van der Waals surface area contributed by atoms with Crippen LogP contribution in [0.5, 0.6) is 0 Å². The van der Waals surface area contributed by atoms with Crippen LogP contribution in [0.4, 0.5) is 0 Å². The average Bonchev–Trinajstić information content (AvgIpc) is 2.26. The number of hydrogen-bond donors (Lipinski definition) is 0. The summed E-state index contributed by atoms with van der Waals surface area (Å²) in [5.41, 5.74) is 4.26. The third kappa shape index (κ3) is 2.94. The molecule has 0 N–H and O–H groups in total. The molecule has 1 rings (SSSR count). The molecule has 0 fully saturated rings. The highest BCUT2D eigenvalue weighted by Crippen LogP contribution is 2.15. The minimum Gasteiger partial charge on any atom is -0.399 e. The molecule has 0 aliphatic heterocycles. The molecule has 0 radical (unpaired) electrons. The SMILES string of the molecule is C=C(C)c1cccc(C(CC)=NOC)c1. The van der Waals surface area contributed by atoms with Crippen LogP contribution in [-0.4, -0.2) is 12.8 Å². The monoisotopic (exact) mass is 203 g/mol. The quantitative estimate of drug-likeness (QED) is 0.542. The Labute approximate surface area is 91.3 Å². The van der Waals surface area contributed by atoms with E-state index in [9.17, 15) is 0 Å². The summed E-state index contributed by atoms with van der Waals surface area (Å²) >= 11 is 0. The third-order valence-electron chi connectivity index (χ3n) is 2.22. The number of allylic oxidation sites excluding steroid dienone is 1. The summed E-state index contributed by atoms with van der Waals surface area (Å²) < 4.78 is 0. The first-order valence-corrected chi connectivity index (χ1v) is 5.05. The van der Waals surface area contributed by atoms with Crippen molar-refractivity contribution in [1.29, 1.82) is 0 Å². The zero-order chi connectivity index (χ0) is 11.3. The molecule has 1 aromatic carbocycles. The largest absolute Gasteiger partial charge is 0.399 e. The fourth-order valence-electron chi connectivity index (χ4n) is 1.40. The maximum Gasteiger partial charge on any atom is 0.106 e. The van der Waals surface area contributed by atoms with Gasteiger partial charge in [-0.2, -0.15) is 0 Å². The molecule has 80 valence electrons. The lowest BCUT2D eigenvalue weighted by Gasteiger charge is -2.05. The van der Waals surface area contributed by atoms with Gasteiger partial charge in [0.05, 0.1) is 5.71 Å². The lowest BCUT2D eigenvalue weighted by Crippen LogP contribution is -2.00. The molecule has 0 bridgehead atoms. The van der Waals surface area contributed by atoms with E-state index < -0.39 is 0 Å². The van der Waals surface area contributed by atoms with Crippen molar-refractivity contribution in [2.24, 2.45) is 5.16 Å². The van der Waals surface area contributed by atoms with Crippen LogP contribution in [0, 0.1) is 0 Å². The van der Waals surface area contributed by atoms with Gasteiger partial charge in [0.25, 0.3) is 0 Å². The molecule has 0 atom stereocenters. The highest BCUT2D eigenvalue weighted by molar-refractivity contribution is 6.00. The Morgan fingerprint density at radius 2 is 2.07 bits per heavy atom. The Morgan fingerprint density at radius 3 is 2.60 bits per heavy atom. The van der Waals surface area contributed by atoms with Crippen LogP contribution in [0.25, 0.3) is 5.57 Å². The lowest BCUT2D eigenvalue weighted by molar-refractivity contribution is 0.213. The van der Waals surface area contributed by atoms with Crippen LogP contribution in [0.15, 0.2) is 36.0 Å². The van der Waals surface area contributed by atoms with Crippen LogP contribution in [0.2, 0.25) is 0 Å². The molecule has 0 amide bonds. The van der Waals surface area contributed by atoms with Crippen LogP contribution >= 0.6 is 0 Å². The smallest absolute Gasteiger partial charge is 0.106 e. The molecule has 15 heavy (non-hydrogen) atoms. The molecule has 0 saturated carbocycles. The first-order chi connectivity index (χ1) is 7.19. The van der Waals surface area contributed by atoms with Gasteiger partial charge in [-0.3, -0.25) is 0 Å². The highest BCUT2D eigenvalue weighted by atomic mass is 16.6. The van der Waals surface area contributed by atoms with Crippen molar-refractivity contribution < 1.29 is 4.84 Å². The van der Waals surface area contributed by atoms with Crippen molar-refractivity contribution in [1.82, 2.24) is 0 Å². The van der Waals surface area contributed by atoms with E-state index in [1.807, 2.05) is 25.1 Å². The van der Waals surface area contributed by atoms with E-state index in [1.165, 1.54) is 0 Å². The number of rotatable bonds is 4. The van der Waals surface area contributed by atoms with Crippen molar-refractivity contribution in [3.05, 3.63) is 42.0 Å². The maximum atomic E-state index is 4.82. The Morgan fingerprint density at radius 1 is 1.40 bits per heavy atom. The van der Waals surface area contributed by atoms with Gasteiger partial charge in [0.15, 0.2) is 0 Å². The molecule has 2 heteroatoms. The normalized spacial score (nSPS) is 11.3. The molecule has 1 aromatic rings. The molecule has 0 aliphatic rings. The predicted molar refractivity (Wildman–Crippen MR) is 65.0 cm³/mol. The minimum atomic E-state index is 0.855. The summed E-state index contributed by atoms with van der Waals surface area (Å²) in [5, 5.41) is 4.00. The zero-order valence-corrected chi connectivity index (χ0v) is 9.58. The van der Waals surface area contributed by atoms with Gasteiger partial charge in [-0.05, 0) is 30.5 Å². The molecule has 0 spiro atoms. The summed E-state index contributed by atoms with van der Waals surface area (Å²) in [6.07, 6.45) is 0.855. The summed E-state index contributed by atoms with van der Waals surface area (Å²) in [7, 11) is 1.57. The van der Waals surface area contributed by atoms with E-state index in [-0.39, 0.29) is 0 Å². The van der Waals surface area contributed by atoms with Gasteiger partial charge in [-0.25, -0.2) is 0 Å². The van der Waals surface area contributed by atoms with E-state index in [1.54, 1.807) is 7.11 Å². The molecule has 0 unspecified atom stereocenters. The Bertz CT molecular complexity index is 380. The molecular formula is C13H17NO. The number of nitrogens with zero attached hydrogens (tertiary/aromatic N) is 1. The Balaban J connectivity index is 3.08. The van der Waals surface area contributed by atoms with Gasteiger partial charge in [-0.1, -0.05) is 42.4 Å². The van der Waals surface area contributed by atoms with Gasteiger partial charge in [0, 0.05) is 0 Å². The topological polar surface area (TPSA) is 21.6 Å². The maximum absolute atomic E-state index is 4.82. The lowest BCUT2D eigenvalue weighted by atomic mass is 10.0. The number of hydrogen-bond acceptors (Lipinski definition) is 2. The predicted octanol–water partition coefficient (Wildman–Crippen LogP) is 3.48. The van der Waals surface area contributed by atoms with Crippen LogP contribution in [0.1, 0.15) is 31.4 Å². The first kappa shape index (κ1) is 11.5. The molecule has 0 heterocycles. The van der Waals surface area contributed by atoms with Gasteiger partial charge in [0.2, 0.25) is 0 Å².